The second-order valence-corrected chi connectivity index (χ2v) is 7.19. The Hall–Kier alpha value is -2.07. The molecule has 1 saturated heterocycles. The third kappa shape index (κ3) is 7.02. The van der Waals surface area contributed by atoms with Crippen molar-refractivity contribution in [3.63, 3.8) is 0 Å². The zero-order chi connectivity index (χ0) is 20.5. The maximum atomic E-state index is 12.4. The van der Waals surface area contributed by atoms with Crippen LogP contribution in [0, 0.1) is 5.92 Å². The second-order valence-electron chi connectivity index (χ2n) is 7.19. The maximum absolute atomic E-state index is 12.4. The van der Waals surface area contributed by atoms with E-state index < -0.39 is 0 Å². The van der Waals surface area contributed by atoms with Crippen LogP contribution in [0.3, 0.4) is 0 Å². The van der Waals surface area contributed by atoms with Crippen molar-refractivity contribution < 1.29 is 13.9 Å². The molecule has 1 aromatic heterocycles. The van der Waals surface area contributed by atoms with Gasteiger partial charge in [0, 0.05) is 38.2 Å². The van der Waals surface area contributed by atoms with Crippen LogP contribution in [0.15, 0.2) is 52.1 Å². The number of furan rings is 1. The van der Waals surface area contributed by atoms with E-state index in [4.69, 9.17) is 14.1 Å². The highest BCUT2D eigenvalue weighted by Gasteiger charge is 2.24. The molecule has 0 bridgehead atoms. The Morgan fingerprint density at radius 3 is 2.90 bits per heavy atom. The molecule has 0 saturated carbocycles. The Morgan fingerprint density at radius 1 is 1.30 bits per heavy atom. The fourth-order valence-electron chi connectivity index (χ4n) is 3.48. The quantitative estimate of drug-likeness (QED) is 0.314. The Kier molecular flexibility index (Phi) is 10.2. The third-order valence-electron chi connectivity index (χ3n) is 4.93. The summed E-state index contributed by atoms with van der Waals surface area (Å²) in [5, 5.41) is 6.25. The van der Waals surface area contributed by atoms with Gasteiger partial charge < -0.3 is 24.7 Å². The van der Waals surface area contributed by atoms with Crippen LogP contribution in [0.1, 0.15) is 35.0 Å². The Morgan fingerprint density at radius 2 is 2.17 bits per heavy atom. The van der Waals surface area contributed by atoms with Crippen molar-refractivity contribution in [2.75, 3.05) is 33.4 Å². The number of hydrogen-bond acceptors (Lipinski definition) is 4. The molecule has 1 fully saturated rings. The highest BCUT2D eigenvalue weighted by atomic mass is 127. The molecule has 1 aliphatic heterocycles. The lowest BCUT2D eigenvalue weighted by atomic mass is 10.1. The van der Waals surface area contributed by atoms with Crippen molar-refractivity contribution in [1.82, 2.24) is 15.5 Å². The molecule has 2 N–H and O–H groups in total. The molecule has 1 amide bonds. The fraction of sp³-hybridized carbons (Fsp3) is 0.455. The van der Waals surface area contributed by atoms with E-state index in [-0.39, 0.29) is 29.9 Å². The smallest absolute Gasteiger partial charge is 0.251 e. The largest absolute Gasteiger partial charge is 0.467 e. The molecule has 0 radical (unpaired) electrons. The van der Waals surface area contributed by atoms with E-state index in [2.05, 4.69) is 22.5 Å². The van der Waals surface area contributed by atoms with Crippen LogP contribution in [0.25, 0.3) is 0 Å². The van der Waals surface area contributed by atoms with Gasteiger partial charge in [-0.3, -0.25) is 4.79 Å². The molecule has 8 heteroatoms. The molecule has 2 heterocycles. The number of aliphatic imine (C=N–C) groups is 1. The van der Waals surface area contributed by atoms with Gasteiger partial charge in [-0.15, -0.1) is 24.0 Å². The van der Waals surface area contributed by atoms with Crippen LogP contribution >= 0.6 is 24.0 Å². The van der Waals surface area contributed by atoms with Crippen molar-refractivity contribution in [3.8, 4) is 0 Å². The average Bonchev–Trinajstić information content (AvgIpc) is 3.42. The topological polar surface area (TPSA) is 79.1 Å². The number of rotatable bonds is 8. The molecule has 1 unspecified atom stereocenters. The van der Waals surface area contributed by atoms with Gasteiger partial charge in [0.05, 0.1) is 26.0 Å². The minimum absolute atomic E-state index is 0. The van der Waals surface area contributed by atoms with E-state index in [0.717, 1.165) is 49.9 Å². The Balaban J connectivity index is 0.00000320. The highest BCUT2D eigenvalue weighted by Crippen LogP contribution is 2.17. The summed E-state index contributed by atoms with van der Waals surface area (Å²) in [5.41, 5.74) is 1.62. The van der Waals surface area contributed by atoms with Gasteiger partial charge in [-0.2, -0.15) is 0 Å². The number of benzene rings is 1. The molecular formula is C22H31IN4O3. The van der Waals surface area contributed by atoms with Gasteiger partial charge in [0.15, 0.2) is 5.96 Å². The SMILES string of the molecule is CCNC(=NCc1cccc(C(=O)NCc2ccco2)c1)N1CCC(COC)C1.I. The van der Waals surface area contributed by atoms with Gasteiger partial charge >= 0.3 is 0 Å². The molecule has 1 aliphatic rings. The molecule has 1 atom stereocenters. The Bertz CT molecular complexity index is 810. The van der Waals surface area contributed by atoms with Crippen molar-refractivity contribution in [1.29, 1.82) is 0 Å². The summed E-state index contributed by atoms with van der Waals surface area (Å²) in [6.45, 7) is 6.50. The number of hydrogen-bond donors (Lipinski definition) is 2. The van der Waals surface area contributed by atoms with Crippen molar-refractivity contribution in [3.05, 3.63) is 59.5 Å². The molecule has 0 aliphatic carbocycles. The molecule has 2 aromatic rings. The van der Waals surface area contributed by atoms with E-state index in [9.17, 15) is 4.79 Å². The van der Waals surface area contributed by atoms with Gasteiger partial charge in [0.1, 0.15) is 5.76 Å². The van der Waals surface area contributed by atoms with E-state index in [1.165, 1.54) is 0 Å². The number of ether oxygens (including phenoxy) is 1. The van der Waals surface area contributed by atoms with E-state index >= 15 is 0 Å². The lowest BCUT2D eigenvalue weighted by Crippen LogP contribution is -2.40. The monoisotopic (exact) mass is 526 g/mol. The molecule has 3 rings (SSSR count). The number of likely N-dealkylation sites (tertiary alicyclic amines) is 1. The Labute approximate surface area is 195 Å². The van der Waals surface area contributed by atoms with Gasteiger partial charge in [0.25, 0.3) is 5.91 Å². The first-order valence-electron chi connectivity index (χ1n) is 10.1. The number of carbonyl (C=O) groups is 1. The van der Waals surface area contributed by atoms with Crippen LogP contribution < -0.4 is 10.6 Å². The van der Waals surface area contributed by atoms with Crippen molar-refractivity contribution in [2.45, 2.75) is 26.4 Å². The van der Waals surface area contributed by atoms with Gasteiger partial charge in [-0.25, -0.2) is 4.99 Å². The zero-order valence-electron chi connectivity index (χ0n) is 17.6. The van der Waals surface area contributed by atoms with Gasteiger partial charge in [0.2, 0.25) is 0 Å². The first-order chi connectivity index (χ1) is 14.2. The van der Waals surface area contributed by atoms with Gasteiger partial charge in [-0.05, 0) is 43.2 Å². The summed E-state index contributed by atoms with van der Waals surface area (Å²) < 4.78 is 10.5. The number of amides is 1. The predicted molar refractivity (Wildman–Crippen MR) is 128 cm³/mol. The summed E-state index contributed by atoms with van der Waals surface area (Å²) in [6.07, 6.45) is 2.71. The molecule has 0 spiro atoms. The van der Waals surface area contributed by atoms with Crippen molar-refractivity contribution >= 4 is 35.8 Å². The highest BCUT2D eigenvalue weighted by molar-refractivity contribution is 14.0. The summed E-state index contributed by atoms with van der Waals surface area (Å²) in [6, 6.07) is 11.2. The fourth-order valence-corrected chi connectivity index (χ4v) is 3.48. The molecular weight excluding hydrogens is 495 g/mol. The van der Waals surface area contributed by atoms with E-state index in [0.29, 0.717) is 24.6 Å². The van der Waals surface area contributed by atoms with Crippen LogP contribution in [0.5, 0.6) is 0 Å². The molecule has 1 aromatic carbocycles. The number of nitrogens with one attached hydrogen (secondary N) is 2. The first-order valence-corrected chi connectivity index (χ1v) is 10.1. The maximum Gasteiger partial charge on any atom is 0.251 e. The normalized spacial score (nSPS) is 16.3. The molecule has 164 valence electrons. The first kappa shape index (κ1) is 24.2. The van der Waals surface area contributed by atoms with Crippen LogP contribution in [0.2, 0.25) is 0 Å². The number of carbonyl (C=O) groups excluding carboxylic acids is 1. The van der Waals surface area contributed by atoms with E-state index in [1.807, 2.05) is 30.3 Å². The zero-order valence-corrected chi connectivity index (χ0v) is 19.9. The molecule has 30 heavy (non-hydrogen) atoms. The number of methoxy groups -OCH3 is 1. The number of nitrogens with zero attached hydrogens (tertiary/aromatic N) is 2. The third-order valence-corrected chi connectivity index (χ3v) is 4.93. The average molecular weight is 526 g/mol. The van der Waals surface area contributed by atoms with Crippen LogP contribution in [-0.4, -0.2) is 50.1 Å². The molecule has 7 nitrogen and oxygen atoms in total. The van der Waals surface area contributed by atoms with Crippen molar-refractivity contribution in [2.24, 2.45) is 10.9 Å². The summed E-state index contributed by atoms with van der Waals surface area (Å²) in [7, 11) is 1.75. The summed E-state index contributed by atoms with van der Waals surface area (Å²) in [4.78, 5) is 19.5. The minimum atomic E-state index is -0.124. The standard InChI is InChI=1S/C22H30N4O3.HI/c1-3-23-22(26-10-9-18(15-26)16-28-2)25-13-17-6-4-7-19(12-17)21(27)24-14-20-8-5-11-29-20;/h4-8,11-12,18H,3,9-10,13-16H2,1-2H3,(H,23,25)(H,24,27);1H. The predicted octanol–water partition coefficient (Wildman–Crippen LogP) is 3.26. The second kappa shape index (κ2) is 12.6. The summed E-state index contributed by atoms with van der Waals surface area (Å²) in [5.74, 6) is 2.07. The summed E-state index contributed by atoms with van der Waals surface area (Å²) >= 11 is 0. The van der Waals surface area contributed by atoms with Crippen LogP contribution in [0.4, 0.5) is 0 Å². The van der Waals surface area contributed by atoms with Crippen LogP contribution in [-0.2, 0) is 17.8 Å². The number of halogens is 1. The van der Waals surface area contributed by atoms with Gasteiger partial charge in [-0.1, -0.05) is 12.1 Å². The lowest BCUT2D eigenvalue weighted by molar-refractivity contribution is 0.0948. The minimum Gasteiger partial charge on any atom is -0.467 e. The number of guanidine groups is 1. The van der Waals surface area contributed by atoms with E-state index in [1.54, 1.807) is 19.4 Å². The lowest BCUT2D eigenvalue weighted by Gasteiger charge is -2.21.